The van der Waals surface area contributed by atoms with Crippen LogP contribution in [-0.4, -0.2) is 113 Å². The van der Waals surface area contributed by atoms with E-state index in [-0.39, 0.29) is 186 Å². The topological polar surface area (TPSA) is 215 Å². The molecule has 1 N–H and O–H groups in total. The maximum atomic E-state index is 14.9. The smallest absolute Gasteiger partial charge is 1.00 e. The van der Waals surface area contributed by atoms with Crippen molar-refractivity contribution >= 4 is 54.2 Å². The van der Waals surface area contributed by atoms with Gasteiger partial charge in [-0.3, -0.25) is 24.1 Å². The van der Waals surface area contributed by atoms with Gasteiger partial charge in [-0.1, -0.05) is 141 Å². The summed E-state index contributed by atoms with van der Waals surface area (Å²) < 4.78 is 52.5. The van der Waals surface area contributed by atoms with Gasteiger partial charge in [0.25, 0.3) is 6.47 Å². The Hall–Kier alpha value is -3.94. The second-order valence-corrected chi connectivity index (χ2v) is 27.5. The maximum absolute atomic E-state index is 14.9. The van der Waals surface area contributed by atoms with Crippen LogP contribution in [0.4, 0.5) is 8.78 Å². The zero-order chi connectivity index (χ0) is 73.3. The van der Waals surface area contributed by atoms with Crippen molar-refractivity contribution in [3.05, 3.63) is 213 Å². The number of ether oxygens (including phenoxy) is 4. The monoisotopic (exact) mass is 1610 g/mol. The zero-order valence-corrected chi connectivity index (χ0v) is 70.8. The number of esters is 2. The first-order chi connectivity index (χ1) is 49.2. The molecule has 0 amide bonds. The third-order valence-electron chi connectivity index (χ3n) is 16.1. The molecule has 0 spiro atoms. The van der Waals surface area contributed by atoms with E-state index in [1.54, 1.807) is 43.1 Å². The standard InChI is InChI=1S/C40H52FNO6S.C20H24FINO3.C20H30O2.CH2O3.2K.H/c1-3-4-5-6-7-8-9-10-11-12-13-14-15-16-17-18-22-38(43)47-30-48-39(44)27-33-28-42(26-25-37(33)49-31-46-2)29-35-34(20-19-21-36(35)41)40(45)32-23-24-32;1-14-7-8-23(10-16(14)9-22-12-26-13-24)11-18-17(3-2-4-19(18)21)20(25)15-5-6-15;1-2-3-4-5-6-7-8-9-10-11-12-13-14-15-16-17-18-19-20(21)22;2-1-4-3;;;/h3-4,6-7,9-10,12-13,15-16,19-21,27,32,37H,5,8,11,14,17-18,22-26,28-31H2,1-2H3;2-4,9,13-15H,5-8,10-12H2,1H3;3-4,6-7,9-10,12-13,16-17H,2,5,8,11,14-15,18-19H2,1H3,(H,21,22);1,3H;;;/q;-1;;;2*+1;-1/p-1/b4-3-,7-6-,10-9-,13-12-,16-15-,33-27-;16-9-;4-3-,7-6-,10-9-,13-12-,17-16+;;;;. The summed E-state index contributed by atoms with van der Waals surface area (Å²) in [4.78, 5) is 86.2. The number of rotatable bonds is 44. The van der Waals surface area contributed by atoms with Crippen molar-refractivity contribution in [3.8, 4) is 0 Å². The maximum Gasteiger partial charge on any atom is 1.00 e. The number of carbonyl (C=O) groups is 7. The minimum Gasteiger partial charge on any atom is -1.00 e. The third kappa shape index (κ3) is 47.5. The molecule has 2 atom stereocenters. The first kappa shape index (κ1) is 97.1. The predicted octanol–water partition coefficient (Wildman–Crippen LogP) is 7.74. The van der Waals surface area contributed by atoms with Gasteiger partial charge in [-0.25, -0.2) is 9.18 Å². The number of hydrogen-bond donors (Lipinski definition) is 1. The number of methoxy groups -OCH3 is 1. The number of piperidine rings is 2. The molecule has 2 aliphatic heterocycles. The van der Waals surface area contributed by atoms with Gasteiger partial charge in [0.05, 0.1) is 5.94 Å². The molecular formula is C81H108F2IK2N2O14S-. The van der Waals surface area contributed by atoms with Crippen molar-refractivity contribution in [1.29, 1.82) is 0 Å². The number of ketones is 2. The van der Waals surface area contributed by atoms with Gasteiger partial charge in [-0.05, 0) is 121 Å². The van der Waals surface area contributed by atoms with Crippen LogP contribution in [0.3, 0.4) is 0 Å². The molecule has 556 valence electrons. The predicted molar refractivity (Wildman–Crippen MR) is 392 cm³/mol. The van der Waals surface area contributed by atoms with Crippen molar-refractivity contribution in [2.75, 3.05) is 50.6 Å². The molecule has 2 heterocycles. The van der Waals surface area contributed by atoms with Crippen LogP contribution in [-0.2, 0) is 60.9 Å². The van der Waals surface area contributed by atoms with Crippen LogP contribution in [0.1, 0.15) is 189 Å². The number of likely N-dealkylation sites (tertiary alicyclic amines) is 2. The average molecular weight is 1610 g/mol. The Morgan fingerprint density at radius 3 is 1.56 bits per heavy atom. The second kappa shape index (κ2) is 64.1. The fourth-order valence-electron chi connectivity index (χ4n) is 10.3. The molecule has 2 aliphatic carbocycles. The summed E-state index contributed by atoms with van der Waals surface area (Å²) in [6, 6.07) is 9.53. The molecule has 4 aliphatic rings. The van der Waals surface area contributed by atoms with E-state index < -0.39 is 30.5 Å². The first-order valence-corrected chi connectivity index (χ1v) is 39.0. The molecule has 2 aromatic carbocycles. The fourth-order valence-corrected chi connectivity index (χ4v) is 13.1. The number of hydrogen-bond acceptors (Lipinski definition) is 16. The number of alkyl halides is 1. The zero-order valence-electron chi connectivity index (χ0n) is 62.5. The molecular weight excluding hydrogens is 1500 g/mol. The number of benzene rings is 2. The Morgan fingerprint density at radius 1 is 0.621 bits per heavy atom. The number of carboxylic acids is 1. The number of aliphatic carboxylic acids is 1. The summed E-state index contributed by atoms with van der Waals surface area (Å²) in [5.41, 5.74) is 4.11. The second-order valence-electron chi connectivity index (χ2n) is 24.3. The minimum absolute atomic E-state index is 0. The van der Waals surface area contributed by atoms with E-state index in [9.17, 15) is 37.5 Å². The number of carboxylic acid groups (broad SMARTS) is 1. The summed E-state index contributed by atoms with van der Waals surface area (Å²) >= 11 is 1.27. The molecule has 4 fully saturated rings. The molecule has 103 heavy (non-hydrogen) atoms. The molecule has 0 aromatic heterocycles. The molecule has 2 saturated heterocycles. The van der Waals surface area contributed by atoms with Crippen LogP contribution < -0.4 is 129 Å². The molecule has 16 nitrogen and oxygen atoms in total. The Kier molecular flexibility index (Phi) is 60.4. The van der Waals surface area contributed by atoms with E-state index >= 15 is 0 Å². The molecule has 0 bridgehead atoms. The number of Topliss-reactive ketones (excluding diaryl/α,β-unsaturated/α-hetero) is 2. The Bertz CT molecular complexity index is 3180. The molecule has 2 saturated carbocycles. The van der Waals surface area contributed by atoms with Crippen LogP contribution in [0.25, 0.3) is 0 Å². The number of allylic oxidation sites excluding steroid dienone is 20. The number of unbranched alkanes of at least 4 members (excludes halogenated alkanes) is 2. The van der Waals surface area contributed by atoms with Gasteiger partial charge in [0, 0.05) is 68.0 Å². The van der Waals surface area contributed by atoms with Crippen LogP contribution in [0.15, 0.2) is 179 Å². The van der Waals surface area contributed by atoms with Crippen molar-refractivity contribution in [2.45, 2.75) is 174 Å². The van der Waals surface area contributed by atoms with Crippen LogP contribution in [0, 0.1) is 29.4 Å². The molecule has 2 aromatic rings. The molecule has 0 radical (unpaired) electrons. The SMILES string of the molecule is C/C=C\C/C=C\C/C=C\C/C=C\C/C=C\CCCC(=O)OCOC(=O)/C=C1/CN(Cc2c(F)cccc2C(=O)C2CC2)CCC1SCOC.CC/C=C\C/C=C\C/C=C\C/C=C\CC/C=C/CCC(=O)O.CC1CCN(Cc2c(F)cccc2C(=O)C2CC2)C/C1=C/[I-]COC=O.O=CO[O-].[H-].[K+].[K+]. The summed E-state index contributed by atoms with van der Waals surface area (Å²) in [6.07, 6.45) is 61.8. The number of nitrogens with zero attached hydrogens (tertiary/aromatic N) is 2. The van der Waals surface area contributed by atoms with E-state index in [4.69, 9.17) is 34.1 Å². The fraction of sp³-hybridized carbons (Fsp3) is 0.469. The molecule has 6 rings (SSSR count). The van der Waals surface area contributed by atoms with Crippen molar-refractivity contribution in [1.82, 2.24) is 9.80 Å². The van der Waals surface area contributed by atoms with Gasteiger partial charge in [0.2, 0.25) is 6.79 Å². The van der Waals surface area contributed by atoms with Gasteiger partial charge in [0.1, 0.15) is 5.82 Å². The Balaban J connectivity index is 0.00000162. The average Bonchev–Trinajstić information content (AvgIpc) is 1.64. The van der Waals surface area contributed by atoms with Gasteiger partial charge in [-0.15, -0.1) is 11.8 Å². The number of carbonyl (C=O) groups excluding carboxylic acids is 6. The van der Waals surface area contributed by atoms with Crippen LogP contribution in [0.2, 0.25) is 0 Å². The van der Waals surface area contributed by atoms with Gasteiger partial charge in [0.15, 0.2) is 5.78 Å². The summed E-state index contributed by atoms with van der Waals surface area (Å²) in [6.45, 7) is 9.74. The summed E-state index contributed by atoms with van der Waals surface area (Å²) in [5.74, 6) is -1.29. The summed E-state index contributed by atoms with van der Waals surface area (Å²) in [7, 11) is 1.62. The van der Waals surface area contributed by atoms with Gasteiger partial charge in [-0.2, -0.15) is 0 Å². The van der Waals surface area contributed by atoms with E-state index in [1.807, 2.05) is 17.9 Å². The van der Waals surface area contributed by atoms with E-state index in [0.717, 1.165) is 128 Å². The van der Waals surface area contributed by atoms with Crippen molar-refractivity contribution in [2.24, 2.45) is 17.8 Å². The molecule has 2 unspecified atom stereocenters. The number of thioether (sulfide) groups is 1. The van der Waals surface area contributed by atoms with E-state index in [2.05, 4.69) is 143 Å². The molecule has 22 heteroatoms. The quantitative estimate of drug-likeness (QED) is 0.00546. The van der Waals surface area contributed by atoms with E-state index in [1.165, 1.54) is 23.8 Å². The van der Waals surface area contributed by atoms with Gasteiger partial charge >= 0.3 is 285 Å². The van der Waals surface area contributed by atoms with Crippen molar-refractivity contribution < 1.29 is 202 Å². The normalized spacial score (nSPS) is 17.3. The minimum atomic E-state index is -0.733. The Labute approximate surface area is 712 Å². The van der Waals surface area contributed by atoms with E-state index in [0.29, 0.717) is 77.7 Å². The third-order valence-corrected chi connectivity index (χ3v) is 19.4. The van der Waals surface area contributed by atoms with Crippen molar-refractivity contribution in [3.63, 3.8) is 0 Å². The first-order valence-electron chi connectivity index (χ1n) is 35.1. The van der Waals surface area contributed by atoms with Gasteiger partial charge < -0.3 is 30.9 Å². The Morgan fingerprint density at radius 2 is 1.09 bits per heavy atom. The number of halogens is 3. The summed E-state index contributed by atoms with van der Waals surface area (Å²) in [5, 5.41) is 16.9. The van der Waals surface area contributed by atoms with Crippen LogP contribution in [0.5, 0.6) is 0 Å². The largest absolute Gasteiger partial charge is 1.00 e. The van der Waals surface area contributed by atoms with Crippen LogP contribution >= 0.6 is 11.8 Å².